The molecule has 4 rings (SSSR count). The summed E-state index contributed by atoms with van der Waals surface area (Å²) in [5.74, 6) is -0.369. The highest BCUT2D eigenvalue weighted by molar-refractivity contribution is 6.32. The van der Waals surface area contributed by atoms with Crippen LogP contribution in [0, 0.1) is 0 Å². The van der Waals surface area contributed by atoms with E-state index in [9.17, 15) is 18.0 Å². The maximum Gasteiger partial charge on any atom is 0.522 e. The number of hydrogen-bond donors (Lipinski definition) is 0. The lowest BCUT2D eigenvalue weighted by atomic mass is 9.82. The van der Waals surface area contributed by atoms with Gasteiger partial charge in [0.1, 0.15) is 30.1 Å². The Morgan fingerprint density at radius 3 is 2.78 bits per heavy atom. The van der Waals surface area contributed by atoms with E-state index in [0.717, 1.165) is 5.56 Å². The lowest BCUT2D eigenvalue weighted by Crippen LogP contribution is -2.53. The van der Waals surface area contributed by atoms with E-state index in [4.69, 9.17) is 25.8 Å². The fourth-order valence-electron chi connectivity index (χ4n) is 3.92. The van der Waals surface area contributed by atoms with Crippen molar-refractivity contribution in [3.8, 4) is 5.88 Å². The number of rotatable bonds is 6. The minimum Gasteiger partial charge on any atom is -0.474 e. The van der Waals surface area contributed by atoms with E-state index in [1.54, 1.807) is 4.90 Å². The number of carbonyl (C=O) groups is 1. The highest BCUT2D eigenvalue weighted by Gasteiger charge is 2.51. The molecule has 2 aliphatic heterocycles. The van der Waals surface area contributed by atoms with Gasteiger partial charge in [-0.3, -0.25) is 9.53 Å². The minimum atomic E-state index is -4.74. The summed E-state index contributed by atoms with van der Waals surface area (Å²) >= 11 is 6.11. The van der Waals surface area contributed by atoms with Crippen LogP contribution >= 0.6 is 11.6 Å². The number of aromatic nitrogens is 1. The lowest BCUT2D eigenvalue weighted by molar-refractivity contribution is -0.325. The van der Waals surface area contributed by atoms with Gasteiger partial charge in [0.25, 0.3) is 5.91 Å². The molecule has 0 radical (unpaired) electrons. The van der Waals surface area contributed by atoms with Gasteiger partial charge in [-0.2, -0.15) is 0 Å². The number of nitrogens with zero attached hydrogens (tertiary/aromatic N) is 2. The molecule has 11 heteroatoms. The standard InChI is InChI=1S/C21H20ClF3N2O5/c22-16-10-14(11-26-18(16)29-8-9-31-21(23,24)25)19(28)27-7-6-20(15-4-2-1-3-5-15)17(12-27)30-13-32-20/h1-5,10-11,17H,6-9,12-13H2/t17?,20-/m1/s1. The Kier molecular flexibility index (Phi) is 6.57. The predicted molar refractivity (Wildman–Crippen MR) is 106 cm³/mol. The van der Waals surface area contributed by atoms with Crippen molar-refractivity contribution in [2.24, 2.45) is 0 Å². The van der Waals surface area contributed by atoms with Crippen molar-refractivity contribution in [2.75, 3.05) is 33.1 Å². The van der Waals surface area contributed by atoms with Crippen LogP contribution in [0.5, 0.6) is 5.88 Å². The summed E-state index contributed by atoms with van der Waals surface area (Å²) < 4.78 is 56.5. The largest absolute Gasteiger partial charge is 0.522 e. The van der Waals surface area contributed by atoms with Crippen molar-refractivity contribution in [1.29, 1.82) is 0 Å². The third kappa shape index (κ3) is 4.83. The average Bonchev–Trinajstić information content (AvgIpc) is 3.21. The Hall–Kier alpha value is -2.40. The molecule has 2 aromatic rings. The second-order valence-electron chi connectivity index (χ2n) is 7.33. The number of alkyl halides is 3. The molecule has 3 heterocycles. The quantitative estimate of drug-likeness (QED) is 0.596. The van der Waals surface area contributed by atoms with Gasteiger partial charge < -0.3 is 19.1 Å². The first kappa shape index (κ1) is 22.8. The zero-order valence-corrected chi connectivity index (χ0v) is 17.6. The van der Waals surface area contributed by atoms with E-state index in [1.807, 2.05) is 30.3 Å². The summed E-state index contributed by atoms with van der Waals surface area (Å²) in [5.41, 5.74) is 0.653. The second-order valence-corrected chi connectivity index (χ2v) is 7.74. The first-order valence-electron chi connectivity index (χ1n) is 9.88. The average molecular weight is 473 g/mol. The summed E-state index contributed by atoms with van der Waals surface area (Å²) in [7, 11) is 0. The van der Waals surface area contributed by atoms with Crippen LogP contribution in [-0.4, -0.2) is 61.4 Å². The van der Waals surface area contributed by atoms with Crippen LogP contribution in [0.1, 0.15) is 22.3 Å². The molecule has 2 atom stereocenters. The van der Waals surface area contributed by atoms with Crippen molar-refractivity contribution >= 4 is 17.5 Å². The van der Waals surface area contributed by atoms with Gasteiger partial charge in [-0.1, -0.05) is 41.9 Å². The maximum atomic E-state index is 13.0. The first-order valence-corrected chi connectivity index (χ1v) is 10.3. The van der Waals surface area contributed by atoms with E-state index < -0.39 is 25.2 Å². The molecule has 172 valence electrons. The van der Waals surface area contributed by atoms with Crippen LogP contribution in [0.2, 0.25) is 5.02 Å². The first-order chi connectivity index (χ1) is 15.3. The van der Waals surface area contributed by atoms with E-state index in [-0.39, 0.29) is 35.3 Å². The molecule has 32 heavy (non-hydrogen) atoms. The third-order valence-electron chi connectivity index (χ3n) is 5.44. The molecule has 0 aliphatic carbocycles. The van der Waals surface area contributed by atoms with Gasteiger partial charge in [0.05, 0.1) is 18.7 Å². The smallest absolute Gasteiger partial charge is 0.474 e. The van der Waals surface area contributed by atoms with Gasteiger partial charge in [0.15, 0.2) is 0 Å². The summed E-state index contributed by atoms with van der Waals surface area (Å²) in [6.45, 7) is -0.176. The number of piperidine rings is 1. The molecule has 0 bridgehead atoms. The van der Waals surface area contributed by atoms with Gasteiger partial charge in [-0.25, -0.2) is 4.98 Å². The number of benzene rings is 1. The Morgan fingerprint density at radius 1 is 1.28 bits per heavy atom. The fraction of sp³-hybridized carbons (Fsp3) is 0.429. The highest BCUT2D eigenvalue weighted by Crippen LogP contribution is 2.42. The van der Waals surface area contributed by atoms with Gasteiger partial charge in [0.2, 0.25) is 5.88 Å². The van der Waals surface area contributed by atoms with Crippen LogP contribution < -0.4 is 4.74 Å². The predicted octanol–water partition coefficient (Wildman–Crippen LogP) is 3.76. The molecule has 0 spiro atoms. The Morgan fingerprint density at radius 2 is 2.06 bits per heavy atom. The van der Waals surface area contributed by atoms with Crippen LogP contribution in [0.25, 0.3) is 0 Å². The van der Waals surface area contributed by atoms with Gasteiger partial charge in [-0.05, 0) is 11.6 Å². The zero-order chi connectivity index (χ0) is 22.8. The molecule has 1 unspecified atom stereocenters. The number of pyridine rings is 1. The van der Waals surface area contributed by atoms with Crippen LogP contribution in [0.3, 0.4) is 0 Å². The molecule has 1 aromatic heterocycles. The number of likely N-dealkylation sites (tertiary alicyclic amines) is 1. The number of amides is 1. The Bertz CT molecular complexity index is 962. The van der Waals surface area contributed by atoms with E-state index in [2.05, 4.69) is 9.72 Å². The molecule has 1 amide bonds. The monoisotopic (exact) mass is 472 g/mol. The number of carbonyl (C=O) groups excluding carboxylic acids is 1. The van der Waals surface area contributed by atoms with Crippen molar-refractivity contribution in [3.05, 3.63) is 58.7 Å². The molecular formula is C21H20ClF3N2O5. The molecule has 0 N–H and O–H groups in total. The Labute approximate surface area is 187 Å². The number of ether oxygens (including phenoxy) is 4. The number of hydrogen-bond acceptors (Lipinski definition) is 6. The molecule has 7 nitrogen and oxygen atoms in total. The van der Waals surface area contributed by atoms with Crippen LogP contribution in [-0.2, 0) is 19.8 Å². The van der Waals surface area contributed by atoms with E-state index in [1.165, 1.54) is 12.3 Å². The van der Waals surface area contributed by atoms with Crippen molar-refractivity contribution in [2.45, 2.75) is 24.5 Å². The molecular weight excluding hydrogens is 453 g/mol. The van der Waals surface area contributed by atoms with Crippen molar-refractivity contribution < 1.29 is 36.9 Å². The molecule has 2 saturated heterocycles. The van der Waals surface area contributed by atoms with Crippen LogP contribution in [0.15, 0.2) is 42.6 Å². The maximum absolute atomic E-state index is 13.0. The summed E-state index contributed by atoms with van der Waals surface area (Å²) in [4.78, 5) is 18.6. The van der Waals surface area contributed by atoms with Gasteiger partial charge in [0, 0.05) is 19.2 Å². The SMILES string of the molecule is O=C(c1cnc(OCCOC(F)(F)F)c(Cl)c1)N1CC[C@]2(c3ccccc3)OCOC2C1. The fourth-order valence-corrected chi connectivity index (χ4v) is 4.14. The summed E-state index contributed by atoms with van der Waals surface area (Å²) in [6.07, 6.45) is -3.21. The van der Waals surface area contributed by atoms with Gasteiger partial charge in [-0.15, -0.1) is 13.2 Å². The molecule has 2 aliphatic rings. The number of halogens is 4. The Balaban J connectivity index is 1.39. The van der Waals surface area contributed by atoms with Crippen molar-refractivity contribution in [1.82, 2.24) is 9.88 Å². The lowest BCUT2D eigenvalue weighted by Gasteiger charge is -2.42. The molecule has 0 saturated carbocycles. The van der Waals surface area contributed by atoms with E-state index >= 15 is 0 Å². The number of fused-ring (bicyclic) bond motifs is 1. The highest BCUT2D eigenvalue weighted by atomic mass is 35.5. The second kappa shape index (κ2) is 9.22. The minimum absolute atomic E-state index is 0.0129. The van der Waals surface area contributed by atoms with Crippen molar-refractivity contribution in [3.63, 3.8) is 0 Å². The summed E-state index contributed by atoms with van der Waals surface area (Å²) in [6, 6.07) is 11.2. The summed E-state index contributed by atoms with van der Waals surface area (Å²) in [5, 5.41) is 0.0129. The third-order valence-corrected chi connectivity index (χ3v) is 5.71. The normalized spacial score (nSPS) is 23.1. The van der Waals surface area contributed by atoms with Gasteiger partial charge >= 0.3 is 6.36 Å². The zero-order valence-electron chi connectivity index (χ0n) is 16.8. The van der Waals surface area contributed by atoms with Crippen LogP contribution in [0.4, 0.5) is 13.2 Å². The molecule has 2 fully saturated rings. The topological polar surface area (TPSA) is 70.1 Å². The molecule has 1 aromatic carbocycles. The van der Waals surface area contributed by atoms with E-state index in [0.29, 0.717) is 19.5 Å².